The fourth-order valence-electron chi connectivity index (χ4n) is 1.96. The van der Waals surface area contributed by atoms with Crippen molar-refractivity contribution in [1.82, 2.24) is 5.32 Å². The summed E-state index contributed by atoms with van der Waals surface area (Å²) < 4.78 is 9.79. The van der Waals surface area contributed by atoms with Crippen molar-refractivity contribution in [3.63, 3.8) is 0 Å². The van der Waals surface area contributed by atoms with Crippen LogP contribution >= 0.6 is 11.6 Å². The van der Waals surface area contributed by atoms with E-state index in [4.69, 9.17) is 16.0 Å². The Kier molecular flexibility index (Phi) is 6.00. The third kappa shape index (κ3) is 5.30. The summed E-state index contributed by atoms with van der Waals surface area (Å²) in [6.07, 6.45) is 4.44. The van der Waals surface area contributed by atoms with Crippen LogP contribution in [-0.2, 0) is 14.3 Å². The lowest BCUT2D eigenvalue weighted by Gasteiger charge is -2.17. The zero-order valence-corrected chi connectivity index (χ0v) is 13.2. The summed E-state index contributed by atoms with van der Waals surface area (Å²) in [5.74, 6) is -0.193. The number of amides is 1. The van der Waals surface area contributed by atoms with Crippen LogP contribution < -0.4 is 5.32 Å². The van der Waals surface area contributed by atoms with Gasteiger partial charge in [0.1, 0.15) is 5.76 Å². The first-order valence-corrected chi connectivity index (χ1v) is 7.30. The normalized spacial score (nSPS) is 12.1. The van der Waals surface area contributed by atoms with Gasteiger partial charge in [0.25, 0.3) is 0 Å². The SMILES string of the molecule is COC(=O)CC(NC(=O)C=Cc1ccco1)c1ccc(Cl)cc1. The first kappa shape index (κ1) is 16.8. The summed E-state index contributed by atoms with van der Waals surface area (Å²) >= 11 is 5.86. The van der Waals surface area contributed by atoms with Gasteiger partial charge in [0.15, 0.2) is 0 Å². The highest BCUT2D eigenvalue weighted by Gasteiger charge is 2.18. The van der Waals surface area contributed by atoms with Crippen LogP contribution in [-0.4, -0.2) is 19.0 Å². The molecule has 1 aromatic carbocycles. The summed E-state index contributed by atoms with van der Waals surface area (Å²) in [4.78, 5) is 23.6. The van der Waals surface area contributed by atoms with E-state index in [9.17, 15) is 9.59 Å². The van der Waals surface area contributed by atoms with Gasteiger partial charge in [0.2, 0.25) is 5.91 Å². The third-order valence-electron chi connectivity index (χ3n) is 3.13. The lowest BCUT2D eigenvalue weighted by molar-refractivity contribution is -0.141. The van der Waals surface area contributed by atoms with Crippen molar-refractivity contribution in [2.45, 2.75) is 12.5 Å². The Hall–Kier alpha value is -2.53. The van der Waals surface area contributed by atoms with Crippen molar-refractivity contribution in [2.24, 2.45) is 0 Å². The Labute approximate surface area is 138 Å². The van der Waals surface area contributed by atoms with Gasteiger partial charge in [-0.05, 0) is 35.9 Å². The number of rotatable bonds is 6. The Bertz CT molecular complexity index is 677. The number of furan rings is 1. The van der Waals surface area contributed by atoms with Crippen LogP contribution in [0.25, 0.3) is 6.08 Å². The topological polar surface area (TPSA) is 68.5 Å². The highest BCUT2D eigenvalue weighted by atomic mass is 35.5. The molecular weight excluding hydrogens is 318 g/mol. The number of methoxy groups -OCH3 is 1. The van der Waals surface area contributed by atoms with E-state index in [1.54, 1.807) is 42.5 Å². The molecule has 0 spiro atoms. The number of carbonyl (C=O) groups excluding carboxylic acids is 2. The monoisotopic (exact) mass is 333 g/mol. The van der Waals surface area contributed by atoms with Crippen LogP contribution in [0.2, 0.25) is 5.02 Å². The molecule has 5 nitrogen and oxygen atoms in total. The number of benzene rings is 1. The number of hydrogen-bond donors (Lipinski definition) is 1. The smallest absolute Gasteiger partial charge is 0.307 e. The van der Waals surface area contributed by atoms with Crippen molar-refractivity contribution in [3.8, 4) is 0 Å². The van der Waals surface area contributed by atoms with E-state index in [0.717, 1.165) is 5.56 Å². The van der Waals surface area contributed by atoms with Crippen LogP contribution in [0.15, 0.2) is 53.2 Å². The molecule has 2 aromatic rings. The second-order valence-electron chi connectivity index (χ2n) is 4.74. The molecule has 0 fully saturated rings. The van der Waals surface area contributed by atoms with Crippen molar-refractivity contribution >= 4 is 29.6 Å². The minimum atomic E-state index is -0.506. The number of esters is 1. The summed E-state index contributed by atoms with van der Waals surface area (Å²) in [6.45, 7) is 0. The highest BCUT2D eigenvalue weighted by Crippen LogP contribution is 2.20. The molecule has 1 unspecified atom stereocenters. The van der Waals surface area contributed by atoms with E-state index in [-0.39, 0.29) is 12.3 Å². The Morgan fingerprint density at radius 3 is 2.65 bits per heavy atom. The van der Waals surface area contributed by atoms with Crippen molar-refractivity contribution in [3.05, 3.63) is 65.1 Å². The number of nitrogens with one attached hydrogen (secondary N) is 1. The van der Waals surface area contributed by atoms with E-state index in [1.165, 1.54) is 19.4 Å². The van der Waals surface area contributed by atoms with Gasteiger partial charge in [-0.15, -0.1) is 0 Å². The molecule has 0 saturated heterocycles. The third-order valence-corrected chi connectivity index (χ3v) is 3.38. The zero-order chi connectivity index (χ0) is 16.7. The molecule has 0 aliphatic rings. The molecule has 0 aliphatic carbocycles. The molecule has 1 atom stereocenters. The summed E-state index contributed by atoms with van der Waals surface area (Å²) in [5, 5.41) is 3.35. The van der Waals surface area contributed by atoms with Crippen molar-refractivity contribution < 1.29 is 18.7 Å². The fraction of sp³-hybridized carbons (Fsp3) is 0.176. The molecular formula is C17H16ClNO4. The van der Waals surface area contributed by atoms with Crippen LogP contribution in [0.4, 0.5) is 0 Å². The van der Waals surface area contributed by atoms with Crippen LogP contribution in [0.1, 0.15) is 23.8 Å². The van der Waals surface area contributed by atoms with Crippen molar-refractivity contribution in [1.29, 1.82) is 0 Å². The molecule has 23 heavy (non-hydrogen) atoms. The molecule has 1 N–H and O–H groups in total. The lowest BCUT2D eigenvalue weighted by Crippen LogP contribution is -2.29. The highest BCUT2D eigenvalue weighted by molar-refractivity contribution is 6.30. The zero-order valence-electron chi connectivity index (χ0n) is 12.5. The Morgan fingerprint density at radius 2 is 2.04 bits per heavy atom. The van der Waals surface area contributed by atoms with Gasteiger partial charge < -0.3 is 14.5 Å². The number of carbonyl (C=O) groups is 2. The van der Waals surface area contributed by atoms with E-state index in [1.807, 2.05) is 0 Å². The maximum atomic E-state index is 12.0. The first-order valence-electron chi connectivity index (χ1n) is 6.93. The van der Waals surface area contributed by atoms with Gasteiger partial charge in [-0.2, -0.15) is 0 Å². The van der Waals surface area contributed by atoms with E-state index in [2.05, 4.69) is 10.1 Å². The molecule has 1 aromatic heterocycles. The summed E-state index contributed by atoms with van der Waals surface area (Å²) in [7, 11) is 1.31. The Balaban J connectivity index is 2.08. The van der Waals surface area contributed by atoms with Gasteiger partial charge in [0.05, 0.1) is 25.8 Å². The molecule has 0 radical (unpaired) electrons. The quantitative estimate of drug-likeness (QED) is 0.650. The van der Waals surface area contributed by atoms with E-state index in [0.29, 0.717) is 10.8 Å². The molecule has 0 aliphatic heterocycles. The van der Waals surface area contributed by atoms with Crippen molar-refractivity contribution in [2.75, 3.05) is 7.11 Å². The van der Waals surface area contributed by atoms with Gasteiger partial charge in [-0.25, -0.2) is 0 Å². The molecule has 1 amide bonds. The summed E-state index contributed by atoms with van der Waals surface area (Å²) in [5.41, 5.74) is 0.763. The minimum absolute atomic E-state index is 0.0263. The molecule has 6 heteroatoms. The number of hydrogen-bond acceptors (Lipinski definition) is 4. The van der Waals surface area contributed by atoms with Gasteiger partial charge in [-0.1, -0.05) is 23.7 Å². The average molecular weight is 334 g/mol. The predicted octanol–water partition coefficient (Wildman–Crippen LogP) is 3.37. The van der Waals surface area contributed by atoms with Crippen LogP contribution in [0.5, 0.6) is 0 Å². The standard InChI is InChI=1S/C17H16ClNO4/c1-22-17(21)11-15(12-4-6-13(18)7-5-12)19-16(20)9-8-14-3-2-10-23-14/h2-10,15H,11H2,1H3,(H,19,20). The minimum Gasteiger partial charge on any atom is -0.469 e. The Morgan fingerprint density at radius 1 is 1.30 bits per heavy atom. The van der Waals surface area contributed by atoms with E-state index >= 15 is 0 Å². The van der Waals surface area contributed by atoms with Crippen LogP contribution in [0.3, 0.4) is 0 Å². The second-order valence-corrected chi connectivity index (χ2v) is 5.18. The summed E-state index contributed by atoms with van der Waals surface area (Å²) in [6, 6.07) is 9.87. The number of ether oxygens (including phenoxy) is 1. The second kappa shape index (κ2) is 8.19. The molecule has 120 valence electrons. The maximum absolute atomic E-state index is 12.0. The first-order chi connectivity index (χ1) is 11.1. The van der Waals surface area contributed by atoms with Gasteiger partial charge in [0, 0.05) is 11.1 Å². The number of halogens is 1. The maximum Gasteiger partial charge on any atom is 0.307 e. The predicted molar refractivity (Wildman–Crippen MR) is 86.7 cm³/mol. The average Bonchev–Trinajstić information content (AvgIpc) is 3.06. The van der Waals surface area contributed by atoms with Gasteiger partial charge >= 0.3 is 5.97 Å². The van der Waals surface area contributed by atoms with Crippen LogP contribution in [0, 0.1) is 0 Å². The largest absolute Gasteiger partial charge is 0.469 e. The van der Waals surface area contributed by atoms with E-state index < -0.39 is 12.0 Å². The van der Waals surface area contributed by atoms with Gasteiger partial charge in [-0.3, -0.25) is 9.59 Å². The lowest BCUT2D eigenvalue weighted by atomic mass is 10.0. The molecule has 2 rings (SSSR count). The molecule has 0 saturated carbocycles. The fourth-order valence-corrected chi connectivity index (χ4v) is 2.09. The molecule has 1 heterocycles. The molecule has 0 bridgehead atoms.